The number of ether oxygens (including phenoxy) is 1. The molecule has 1 atom stereocenters. The van der Waals surface area contributed by atoms with Crippen molar-refractivity contribution in [1.82, 2.24) is 4.98 Å². The minimum atomic E-state index is -0.612. The number of aryl methyl sites for hydroxylation is 1. The lowest BCUT2D eigenvalue weighted by molar-refractivity contribution is -0.122. The zero-order valence-corrected chi connectivity index (χ0v) is 20.1. The molecule has 4 aromatic rings. The molecule has 1 heterocycles. The highest BCUT2D eigenvalue weighted by Crippen LogP contribution is 2.33. The molecule has 168 valence electrons. The zero-order chi connectivity index (χ0) is 23.4. The summed E-state index contributed by atoms with van der Waals surface area (Å²) < 4.78 is 5.97. The number of aromatic nitrogens is 1. The summed E-state index contributed by atoms with van der Waals surface area (Å²) in [6, 6.07) is 25.9. The highest BCUT2D eigenvalue weighted by molar-refractivity contribution is 7.15. The molecule has 33 heavy (non-hydrogen) atoms. The van der Waals surface area contributed by atoms with Crippen LogP contribution >= 0.6 is 11.3 Å². The van der Waals surface area contributed by atoms with Crippen molar-refractivity contribution in [2.45, 2.75) is 39.7 Å². The minimum Gasteiger partial charge on any atom is -0.481 e. The number of amides is 1. The predicted octanol–water partition coefficient (Wildman–Crippen LogP) is 7.31. The third-order valence-corrected chi connectivity index (χ3v) is 6.48. The predicted molar refractivity (Wildman–Crippen MR) is 137 cm³/mol. The molecule has 5 heteroatoms. The summed E-state index contributed by atoms with van der Waals surface area (Å²) in [4.78, 5) is 18.7. The van der Waals surface area contributed by atoms with Crippen molar-refractivity contribution in [1.29, 1.82) is 0 Å². The van der Waals surface area contributed by atoms with E-state index in [2.05, 4.69) is 38.2 Å². The summed E-state index contributed by atoms with van der Waals surface area (Å²) in [6.07, 6.45) is -0.612. The second kappa shape index (κ2) is 10.0. The molecule has 1 N–H and O–H groups in total. The van der Waals surface area contributed by atoms with Crippen molar-refractivity contribution < 1.29 is 9.53 Å². The molecule has 0 radical (unpaired) electrons. The lowest BCUT2D eigenvalue weighted by atomic mass is 10.0. The summed E-state index contributed by atoms with van der Waals surface area (Å²) in [5.74, 6) is 0.886. The van der Waals surface area contributed by atoms with Gasteiger partial charge in [0.25, 0.3) is 5.91 Å². The van der Waals surface area contributed by atoms with Crippen molar-refractivity contribution in [3.63, 3.8) is 0 Å². The third kappa shape index (κ3) is 5.32. The number of hydrogen-bond acceptors (Lipinski definition) is 4. The van der Waals surface area contributed by atoms with Crippen molar-refractivity contribution >= 4 is 22.9 Å². The molecular formula is C28H28N2O2S. The number of anilines is 1. The topological polar surface area (TPSA) is 51.2 Å². The molecule has 0 aliphatic carbocycles. The van der Waals surface area contributed by atoms with Crippen LogP contribution in [0.15, 0.2) is 78.9 Å². The van der Waals surface area contributed by atoms with Gasteiger partial charge in [-0.2, -0.15) is 0 Å². The van der Waals surface area contributed by atoms with Crippen LogP contribution in [0.3, 0.4) is 0 Å². The number of nitrogens with one attached hydrogen (secondary N) is 1. The molecule has 0 fully saturated rings. The van der Waals surface area contributed by atoms with Gasteiger partial charge in [-0.15, -0.1) is 11.3 Å². The Labute approximate surface area is 199 Å². The van der Waals surface area contributed by atoms with Gasteiger partial charge in [0.15, 0.2) is 6.10 Å². The summed E-state index contributed by atoms with van der Waals surface area (Å²) in [5, 5.41) is 3.96. The molecule has 0 aliphatic rings. The highest BCUT2D eigenvalue weighted by Gasteiger charge is 2.18. The normalized spacial score (nSPS) is 11.9. The first kappa shape index (κ1) is 22.7. The molecule has 3 aromatic carbocycles. The second-order valence-electron chi connectivity index (χ2n) is 8.31. The number of nitrogens with zero attached hydrogens (tertiary/aromatic N) is 1. The molecule has 0 saturated carbocycles. The van der Waals surface area contributed by atoms with Gasteiger partial charge in [-0.25, -0.2) is 4.98 Å². The van der Waals surface area contributed by atoms with E-state index in [1.165, 1.54) is 0 Å². The fourth-order valence-electron chi connectivity index (χ4n) is 3.63. The summed E-state index contributed by atoms with van der Waals surface area (Å²) >= 11 is 1.69. The van der Waals surface area contributed by atoms with Crippen LogP contribution in [0.4, 0.5) is 5.69 Å². The lowest BCUT2D eigenvalue weighted by Gasteiger charge is -2.18. The van der Waals surface area contributed by atoms with E-state index in [1.54, 1.807) is 18.3 Å². The molecule has 0 saturated heterocycles. The van der Waals surface area contributed by atoms with Crippen molar-refractivity contribution in [3.05, 3.63) is 89.3 Å². The first-order valence-electron chi connectivity index (χ1n) is 11.1. The van der Waals surface area contributed by atoms with Crippen molar-refractivity contribution in [2.24, 2.45) is 0 Å². The van der Waals surface area contributed by atoms with Crippen LogP contribution in [0, 0.1) is 6.92 Å². The van der Waals surface area contributed by atoms with E-state index in [4.69, 9.17) is 9.72 Å². The molecule has 0 aliphatic heterocycles. The molecule has 0 spiro atoms. The van der Waals surface area contributed by atoms with E-state index in [0.29, 0.717) is 5.92 Å². The van der Waals surface area contributed by atoms with Crippen LogP contribution in [0.1, 0.15) is 37.1 Å². The largest absolute Gasteiger partial charge is 0.481 e. The van der Waals surface area contributed by atoms with Crippen LogP contribution in [0.5, 0.6) is 5.75 Å². The maximum absolute atomic E-state index is 12.7. The second-order valence-corrected chi connectivity index (χ2v) is 9.51. The monoisotopic (exact) mass is 456 g/mol. The van der Waals surface area contributed by atoms with Gasteiger partial charge in [0.05, 0.1) is 5.69 Å². The number of carbonyl (C=O) groups is 1. The Morgan fingerprint density at radius 1 is 0.879 bits per heavy atom. The average molecular weight is 457 g/mol. The van der Waals surface area contributed by atoms with E-state index in [-0.39, 0.29) is 5.91 Å². The van der Waals surface area contributed by atoms with Crippen molar-refractivity contribution in [2.75, 3.05) is 5.32 Å². The van der Waals surface area contributed by atoms with E-state index < -0.39 is 6.10 Å². The number of hydrogen-bond donors (Lipinski definition) is 1. The van der Waals surface area contributed by atoms with Crippen LogP contribution in [0.25, 0.3) is 21.8 Å². The number of benzene rings is 3. The van der Waals surface area contributed by atoms with Crippen LogP contribution in [-0.2, 0) is 4.79 Å². The summed E-state index contributed by atoms with van der Waals surface area (Å²) in [6.45, 7) is 8.08. The van der Waals surface area contributed by atoms with Gasteiger partial charge in [-0.3, -0.25) is 4.79 Å². The van der Waals surface area contributed by atoms with Gasteiger partial charge >= 0.3 is 0 Å². The van der Waals surface area contributed by atoms with Crippen molar-refractivity contribution in [3.8, 4) is 27.6 Å². The summed E-state index contributed by atoms with van der Waals surface area (Å²) in [5.41, 5.74) is 4.94. The lowest BCUT2D eigenvalue weighted by Crippen LogP contribution is -2.30. The molecule has 1 aromatic heterocycles. The van der Waals surface area contributed by atoms with Crippen LogP contribution in [-0.4, -0.2) is 17.0 Å². The van der Waals surface area contributed by atoms with Gasteiger partial charge in [-0.1, -0.05) is 74.5 Å². The highest BCUT2D eigenvalue weighted by atomic mass is 32.1. The van der Waals surface area contributed by atoms with E-state index in [9.17, 15) is 4.79 Å². The Bertz CT molecular complexity index is 1230. The fraction of sp³-hybridized carbons (Fsp3) is 0.214. The molecular weight excluding hydrogens is 428 g/mol. The Balaban J connectivity index is 1.44. The number of rotatable bonds is 7. The van der Waals surface area contributed by atoms with E-state index >= 15 is 0 Å². The minimum absolute atomic E-state index is 0.183. The van der Waals surface area contributed by atoms with E-state index in [1.807, 2.05) is 66.7 Å². The molecule has 1 amide bonds. The van der Waals surface area contributed by atoms with Gasteiger partial charge in [0.1, 0.15) is 10.8 Å². The molecule has 0 bridgehead atoms. The van der Waals surface area contributed by atoms with E-state index in [0.717, 1.165) is 43.7 Å². The van der Waals surface area contributed by atoms with Crippen LogP contribution < -0.4 is 10.1 Å². The third-order valence-electron chi connectivity index (χ3n) is 5.46. The molecule has 1 unspecified atom stereocenters. The Hall–Kier alpha value is -3.44. The van der Waals surface area contributed by atoms with Crippen LogP contribution in [0.2, 0.25) is 0 Å². The van der Waals surface area contributed by atoms with Gasteiger partial charge in [-0.05, 0) is 43.5 Å². The Kier molecular flexibility index (Phi) is 6.90. The zero-order valence-electron chi connectivity index (χ0n) is 19.3. The first-order chi connectivity index (χ1) is 15.9. The standard InChI is InChI=1S/C28H28N2O2S/c1-18(2)24-12-8-9-13-25(24)32-19(3)27(31)29-23-16-14-21(15-17-23)26-20(4)33-28(30-26)22-10-6-5-7-11-22/h5-19H,1-4H3,(H,29,31). The maximum Gasteiger partial charge on any atom is 0.265 e. The summed E-state index contributed by atoms with van der Waals surface area (Å²) in [7, 11) is 0. The Morgan fingerprint density at radius 3 is 2.24 bits per heavy atom. The number of para-hydroxylation sites is 1. The molecule has 4 rings (SSSR count). The fourth-order valence-corrected chi connectivity index (χ4v) is 4.57. The quantitative estimate of drug-likeness (QED) is 0.317. The Morgan fingerprint density at radius 2 is 1.55 bits per heavy atom. The smallest absolute Gasteiger partial charge is 0.265 e. The average Bonchev–Trinajstić information content (AvgIpc) is 3.22. The maximum atomic E-state index is 12.7. The molecule has 4 nitrogen and oxygen atoms in total. The van der Waals surface area contributed by atoms with Gasteiger partial charge in [0, 0.05) is 21.7 Å². The number of thiazole rings is 1. The van der Waals surface area contributed by atoms with Gasteiger partial charge < -0.3 is 10.1 Å². The SMILES string of the molecule is Cc1sc(-c2ccccc2)nc1-c1ccc(NC(=O)C(C)Oc2ccccc2C(C)C)cc1. The first-order valence-corrected chi connectivity index (χ1v) is 11.9. The van der Waals surface area contributed by atoms with Gasteiger partial charge in [0.2, 0.25) is 0 Å². The number of carbonyl (C=O) groups excluding carboxylic acids is 1.